The Labute approximate surface area is 63.1 Å². The van der Waals surface area contributed by atoms with Crippen molar-refractivity contribution >= 4 is 33.7 Å². The van der Waals surface area contributed by atoms with E-state index in [0.717, 1.165) is 0 Å². The van der Waals surface area contributed by atoms with E-state index in [1.165, 1.54) is 13.8 Å². The van der Waals surface area contributed by atoms with Gasteiger partial charge in [-0.25, -0.2) is 0 Å². The zero-order chi connectivity index (χ0) is 7.65. The van der Waals surface area contributed by atoms with Crippen LogP contribution in [0.3, 0.4) is 0 Å². The molecular formula is C5H6Cl2O2. The van der Waals surface area contributed by atoms with Crippen molar-refractivity contribution in [2.24, 2.45) is 5.41 Å². The molecule has 0 unspecified atom stereocenters. The van der Waals surface area contributed by atoms with Gasteiger partial charge in [0.1, 0.15) is 5.41 Å². The van der Waals surface area contributed by atoms with E-state index in [0.29, 0.717) is 0 Å². The van der Waals surface area contributed by atoms with Gasteiger partial charge in [0.2, 0.25) is 10.5 Å². The number of rotatable bonds is 2. The highest BCUT2D eigenvalue weighted by Gasteiger charge is 2.32. The maximum Gasteiger partial charge on any atom is 0.235 e. The van der Waals surface area contributed by atoms with E-state index in [1.807, 2.05) is 0 Å². The molecule has 4 heteroatoms. The van der Waals surface area contributed by atoms with E-state index in [2.05, 4.69) is 0 Å². The van der Waals surface area contributed by atoms with Crippen LogP contribution in [-0.4, -0.2) is 10.5 Å². The van der Waals surface area contributed by atoms with Crippen LogP contribution in [0.25, 0.3) is 0 Å². The second-order valence-electron chi connectivity index (χ2n) is 2.17. The molecule has 0 bridgehead atoms. The average molecular weight is 169 g/mol. The average Bonchev–Trinajstić information content (AvgIpc) is 1.65. The zero-order valence-corrected chi connectivity index (χ0v) is 6.58. The molecule has 0 saturated carbocycles. The Balaban J connectivity index is 4.38. The smallest absolute Gasteiger partial charge is 0.235 e. The third kappa shape index (κ3) is 1.95. The maximum absolute atomic E-state index is 10.4. The second-order valence-corrected chi connectivity index (χ2v) is 2.86. The minimum atomic E-state index is -1.25. The number of hydrogen-bond donors (Lipinski definition) is 0. The van der Waals surface area contributed by atoms with Gasteiger partial charge in [-0.2, -0.15) is 0 Å². The van der Waals surface area contributed by atoms with Crippen molar-refractivity contribution in [1.29, 1.82) is 0 Å². The molecule has 0 aliphatic heterocycles. The normalized spacial score (nSPS) is 11.1. The van der Waals surface area contributed by atoms with Crippen LogP contribution in [0.5, 0.6) is 0 Å². The van der Waals surface area contributed by atoms with Crippen LogP contribution in [0.1, 0.15) is 13.8 Å². The molecule has 0 N–H and O–H groups in total. The Morgan fingerprint density at radius 2 is 1.33 bits per heavy atom. The summed E-state index contributed by atoms with van der Waals surface area (Å²) in [6.45, 7) is 2.75. The van der Waals surface area contributed by atoms with Gasteiger partial charge in [-0.3, -0.25) is 9.59 Å². The summed E-state index contributed by atoms with van der Waals surface area (Å²) in [6.07, 6.45) is 0. The fourth-order valence-electron chi connectivity index (χ4n) is 0.0773. The summed E-state index contributed by atoms with van der Waals surface area (Å²) >= 11 is 10.0. The quantitative estimate of drug-likeness (QED) is 0.464. The first-order chi connectivity index (χ1) is 3.89. The van der Waals surface area contributed by atoms with E-state index in [9.17, 15) is 9.59 Å². The number of carbonyl (C=O) groups excluding carboxylic acids is 2. The molecule has 0 rings (SSSR count). The van der Waals surface area contributed by atoms with E-state index in [4.69, 9.17) is 23.2 Å². The first-order valence-electron chi connectivity index (χ1n) is 2.29. The van der Waals surface area contributed by atoms with Gasteiger partial charge in [-0.1, -0.05) is 0 Å². The van der Waals surface area contributed by atoms with Crippen molar-refractivity contribution in [3.8, 4) is 0 Å². The van der Waals surface area contributed by atoms with Gasteiger partial charge in [0.15, 0.2) is 0 Å². The molecule has 0 amide bonds. The van der Waals surface area contributed by atoms with Crippen LogP contribution in [0.15, 0.2) is 0 Å². The highest BCUT2D eigenvalue weighted by atomic mass is 35.5. The Morgan fingerprint density at radius 3 is 1.33 bits per heavy atom. The summed E-state index contributed by atoms with van der Waals surface area (Å²) in [5.74, 6) is 0. The minimum Gasteiger partial charge on any atom is -0.280 e. The van der Waals surface area contributed by atoms with Gasteiger partial charge in [-0.15, -0.1) is 0 Å². The predicted molar refractivity (Wildman–Crippen MR) is 35.5 cm³/mol. The maximum atomic E-state index is 10.4. The summed E-state index contributed by atoms with van der Waals surface area (Å²) in [7, 11) is 0. The Morgan fingerprint density at radius 1 is 1.11 bits per heavy atom. The Bertz CT molecular complexity index is 135. The molecule has 0 fully saturated rings. The summed E-state index contributed by atoms with van der Waals surface area (Å²) in [6, 6.07) is 0. The van der Waals surface area contributed by atoms with Crippen LogP contribution >= 0.6 is 23.2 Å². The van der Waals surface area contributed by atoms with Crippen molar-refractivity contribution in [2.75, 3.05) is 0 Å². The fraction of sp³-hybridized carbons (Fsp3) is 0.600. The van der Waals surface area contributed by atoms with Crippen molar-refractivity contribution in [1.82, 2.24) is 0 Å². The van der Waals surface area contributed by atoms with Gasteiger partial charge in [0.05, 0.1) is 0 Å². The van der Waals surface area contributed by atoms with E-state index < -0.39 is 15.9 Å². The first kappa shape index (κ1) is 8.92. The summed E-state index contributed by atoms with van der Waals surface area (Å²) < 4.78 is 0. The molecule has 0 aromatic heterocycles. The molecular weight excluding hydrogens is 163 g/mol. The summed E-state index contributed by atoms with van der Waals surface area (Å²) in [5, 5.41) is -1.47. The highest BCUT2D eigenvalue weighted by molar-refractivity contribution is 6.74. The Kier molecular flexibility index (Phi) is 2.65. The fourth-order valence-corrected chi connectivity index (χ4v) is 0.297. The van der Waals surface area contributed by atoms with Crippen LogP contribution in [0.4, 0.5) is 0 Å². The molecule has 52 valence electrons. The summed E-state index contributed by atoms with van der Waals surface area (Å²) in [4.78, 5) is 20.7. The van der Waals surface area contributed by atoms with E-state index >= 15 is 0 Å². The van der Waals surface area contributed by atoms with E-state index in [-0.39, 0.29) is 0 Å². The molecule has 0 aliphatic rings. The predicted octanol–water partition coefficient (Wildman–Crippen LogP) is 1.54. The molecule has 0 atom stereocenters. The van der Waals surface area contributed by atoms with Gasteiger partial charge in [0.25, 0.3) is 0 Å². The number of carbonyl (C=O) groups is 2. The Hall–Kier alpha value is -0.0800. The zero-order valence-electron chi connectivity index (χ0n) is 5.07. The van der Waals surface area contributed by atoms with Crippen LogP contribution < -0.4 is 0 Å². The SMILES string of the molecule is CC(C)(C(=O)Cl)C(=O)Cl. The van der Waals surface area contributed by atoms with Crippen molar-refractivity contribution in [3.63, 3.8) is 0 Å². The summed E-state index contributed by atoms with van der Waals surface area (Å²) in [5.41, 5.74) is -1.25. The van der Waals surface area contributed by atoms with Crippen molar-refractivity contribution in [3.05, 3.63) is 0 Å². The molecule has 2 nitrogen and oxygen atoms in total. The van der Waals surface area contributed by atoms with Gasteiger partial charge in [0, 0.05) is 0 Å². The molecule has 0 saturated heterocycles. The molecule has 0 spiro atoms. The van der Waals surface area contributed by atoms with Crippen molar-refractivity contribution < 1.29 is 9.59 Å². The third-order valence-electron chi connectivity index (χ3n) is 0.983. The lowest BCUT2D eigenvalue weighted by Crippen LogP contribution is -2.26. The highest BCUT2D eigenvalue weighted by Crippen LogP contribution is 2.21. The van der Waals surface area contributed by atoms with E-state index in [1.54, 1.807) is 0 Å². The lowest BCUT2D eigenvalue weighted by atomic mass is 9.98. The molecule has 9 heavy (non-hydrogen) atoms. The third-order valence-corrected chi connectivity index (χ3v) is 1.93. The van der Waals surface area contributed by atoms with Crippen LogP contribution in [-0.2, 0) is 9.59 Å². The minimum absolute atomic E-state index is 0.734. The largest absolute Gasteiger partial charge is 0.280 e. The molecule has 0 radical (unpaired) electrons. The molecule has 0 aromatic rings. The van der Waals surface area contributed by atoms with Gasteiger partial charge < -0.3 is 0 Å². The first-order valence-corrected chi connectivity index (χ1v) is 3.04. The lowest BCUT2D eigenvalue weighted by molar-refractivity contribution is -0.129. The standard InChI is InChI=1S/C5H6Cl2O2/c1-5(2,3(6)8)4(7)9/h1-2H3. The molecule has 0 aliphatic carbocycles. The molecule has 0 heterocycles. The molecule has 0 aromatic carbocycles. The van der Waals surface area contributed by atoms with Crippen LogP contribution in [0, 0.1) is 5.41 Å². The number of halogens is 2. The number of hydrogen-bond acceptors (Lipinski definition) is 2. The van der Waals surface area contributed by atoms with Gasteiger partial charge >= 0.3 is 0 Å². The van der Waals surface area contributed by atoms with Crippen molar-refractivity contribution in [2.45, 2.75) is 13.8 Å². The topological polar surface area (TPSA) is 34.1 Å². The monoisotopic (exact) mass is 168 g/mol. The lowest BCUT2D eigenvalue weighted by Gasteiger charge is -2.11. The second kappa shape index (κ2) is 2.67. The van der Waals surface area contributed by atoms with Crippen LogP contribution in [0.2, 0.25) is 0 Å². The van der Waals surface area contributed by atoms with Gasteiger partial charge in [-0.05, 0) is 37.0 Å².